The zero-order valence-corrected chi connectivity index (χ0v) is 39.6. The Bertz CT molecular complexity index is 3210. The number of aromatic nitrogens is 3. The molecule has 6 nitrogen and oxygen atoms in total. The molecule has 0 unspecified atom stereocenters. The van der Waals surface area contributed by atoms with Gasteiger partial charge in [0.1, 0.15) is 17.3 Å². The molecule has 9 rings (SSSR count). The van der Waals surface area contributed by atoms with Crippen molar-refractivity contribution in [3.8, 4) is 39.6 Å². The minimum atomic E-state index is -0.0260. The molecule has 0 amide bonds. The molecule has 0 saturated heterocycles. The minimum absolute atomic E-state index is 0.00895. The first-order valence-electron chi connectivity index (χ1n) is 22.6. The Morgan fingerprint density at radius 1 is 0.538 bits per heavy atom. The van der Waals surface area contributed by atoms with Gasteiger partial charge in [-0.1, -0.05) is 107 Å². The summed E-state index contributed by atoms with van der Waals surface area (Å²) in [5.74, 6) is 3.15. The predicted octanol–water partition coefficient (Wildman–Crippen LogP) is 16.0. The van der Waals surface area contributed by atoms with Crippen LogP contribution in [0.2, 0.25) is 0 Å². The Labute approximate surface area is 384 Å². The molecule has 0 saturated carbocycles. The summed E-state index contributed by atoms with van der Waals surface area (Å²) in [4.78, 5) is 12.0. The SMILES string of the molecule is Cc1cc(C)cc(-c2cc(Nc3cccnc3N(C)c3cccc(Oc4ccc5c6ccc(C(C)(C)C)cc6n(-c6cc(C(C)(C)C)ccn6)c5c4)c3)cc(-c3c(C)cccc3C)c2)c1. The Morgan fingerprint density at radius 2 is 1.17 bits per heavy atom. The van der Waals surface area contributed by atoms with Gasteiger partial charge in [-0.2, -0.15) is 0 Å². The van der Waals surface area contributed by atoms with Crippen LogP contribution in [0.15, 0.2) is 152 Å². The quantitative estimate of drug-likeness (QED) is 0.157. The number of hydrogen-bond donors (Lipinski definition) is 1. The number of nitrogens with zero attached hydrogens (tertiary/aromatic N) is 4. The van der Waals surface area contributed by atoms with Gasteiger partial charge in [-0.25, -0.2) is 9.97 Å². The van der Waals surface area contributed by atoms with Crippen LogP contribution in [0.4, 0.5) is 22.9 Å². The third-order valence-electron chi connectivity index (χ3n) is 12.5. The van der Waals surface area contributed by atoms with Crippen molar-refractivity contribution in [2.75, 3.05) is 17.3 Å². The van der Waals surface area contributed by atoms with Crippen molar-refractivity contribution in [3.05, 3.63) is 185 Å². The molecule has 65 heavy (non-hydrogen) atoms. The first-order chi connectivity index (χ1) is 31.0. The van der Waals surface area contributed by atoms with Crippen molar-refractivity contribution >= 4 is 44.7 Å². The maximum Gasteiger partial charge on any atom is 0.156 e. The van der Waals surface area contributed by atoms with Crippen LogP contribution in [0.3, 0.4) is 0 Å². The number of pyridine rings is 2. The topological polar surface area (TPSA) is 55.2 Å². The van der Waals surface area contributed by atoms with E-state index in [0.29, 0.717) is 0 Å². The fourth-order valence-corrected chi connectivity index (χ4v) is 9.14. The molecule has 6 aromatic carbocycles. The van der Waals surface area contributed by atoms with Gasteiger partial charge < -0.3 is 15.0 Å². The molecule has 0 aliphatic carbocycles. The highest BCUT2D eigenvalue weighted by Gasteiger charge is 2.22. The molecule has 0 aliphatic heterocycles. The number of ether oxygens (including phenoxy) is 1. The summed E-state index contributed by atoms with van der Waals surface area (Å²) in [5, 5.41) is 6.13. The second-order valence-electron chi connectivity index (χ2n) is 19.7. The monoisotopic (exact) mass is 853 g/mol. The number of benzene rings is 6. The van der Waals surface area contributed by atoms with Crippen molar-refractivity contribution in [2.24, 2.45) is 0 Å². The molecule has 3 aromatic heterocycles. The van der Waals surface area contributed by atoms with Crippen molar-refractivity contribution < 1.29 is 4.74 Å². The first-order valence-corrected chi connectivity index (χ1v) is 22.6. The molecule has 0 aliphatic rings. The van der Waals surface area contributed by atoms with E-state index in [1.165, 1.54) is 55.5 Å². The third kappa shape index (κ3) is 8.73. The molecule has 0 fully saturated rings. The number of hydrogen-bond acceptors (Lipinski definition) is 5. The van der Waals surface area contributed by atoms with E-state index in [9.17, 15) is 0 Å². The summed E-state index contributed by atoms with van der Waals surface area (Å²) in [6.07, 6.45) is 3.77. The summed E-state index contributed by atoms with van der Waals surface area (Å²) in [7, 11) is 2.05. The lowest BCUT2D eigenvalue weighted by molar-refractivity contribution is 0.483. The van der Waals surface area contributed by atoms with E-state index in [0.717, 1.165) is 62.2 Å². The highest BCUT2D eigenvalue weighted by molar-refractivity contribution is 6.09. The number of rotatable bonds is 9. The molecular formula is C59H59N5O. The van der Waals surface area contributed by atoms with Crippen molar-refractivity contribution in [1.29, 1.82) is 0 Å². The lowest BCUT2D eigenvalue weighted by Crippen LogP contribution is -2.13. The number of nitrogens with one attached hydrogen (secondary N) is 1. The van der Waals surface area contributed by atoms with Crippen LogP contribution < -0.4 is 15.0 Å². The molecule has 0 atom stereocenters. The normalized spacial score (nSPS) is 11.9. The molecule has 0 radical (unpaired) electrons. The molecule has 9 aromatic rings. The van der Waals surface area contributed by atoms with E-state index in [4.69, 9.17) is 14.7 Å². The van der Waals surface area contributed by atoms with Crippen molar-refractivity contribution in [1.82, 2.24) is 14.5 Å². The smallest absolute Gasteiger partial charge is 0.156 e. The molecule has 0 spiro atoms. The highest BCUT2D eigenvalue weighted by Crippen LogP contribution is 2.41. The molecule has 0 bridgehead atoms. The lowest BCUT2D eigenvalue weighted by atomic mass is 9.86. The summed E-state index contributed by atoms with van der Waals surface area (Å²) in [5.41, 5.74) is 17.2. The minimum Gasteiger partial charge on any atom is -0.457 e. The predicted molar refractivity (Wildman–Crippen MR) is 274 cm³/mol. The van der Waals surface area contributed by atoms with Gasteiger partial charge in [0.15, 0.2) is 5.82 Å². The van der Waals surface area contributed by atoms with Gasteiger partial charge in [0.05, 0.1) is 16.7 Å². The average Bonchev–Trinajstić information content (AvgIpc) is 3.58. The Morgan fingerprint density at radius 3 is 1.89 bits per heavy atom. The summed E-state index contributed by atoms with van der Waals surface area (Å²) in [6.45, 7) is 22.2. The molecule has 1 N–H and O–H groups in total. The fourth-order valence-electron chi connectivity index (χ4n) is 9.14. The third-order valence-corrected chi connectivity index (χ3v) is 12.5. The van der Waals surface area contributed by atoms with Crippen LogP contribution in [0.25, 0.3) is 49.9 Å². The van der Waals surface area contributed by atoms with Gasteiger partial charge in [-0.15, -0.1) is 0 Å². The summed E-state index contributed by atoms with van der Waals surface area (Å²) < 4.78 is 9.03. The fraction of sp³-hybridized carbons (Fsp3) is 0.220. The van der Waals surface area contributed by atoms with Crippen LogP contribution in [-0.2, 0) is 10.8 Å². The second-order valence-corrected chi connectivity index (χ2v) is 19.7. The molecule has 6 heteroatoms. The van der Waals surface area contributed by atoms with E-state index in [1.54, 1.807) is 0 Å². The van der Waals surface area contributed by atoms with Gasteiger partial charge in [-0.3, -0.25) is 4.57 Å². The van der Waals surface area contributed by atoms with E-state index < -0.39 is 0 Å². The number of anilines is 4. The maximum absolute atomic E-state index is 6.73. The second kappa shape index (κ2) is 16.7. The van der Waals surface area contributed by atoms with Crippen LogP contribution in [0.1, 0.15) is 74.9 Å². The van der Waals surface area contributed by atoms with Crippen LogP contribution in [0.5, 0.6) is 11.5 Å². The van der Waals surface area contributed by atoms with Gasteiger partial charge in [0.25, 0.3) is 0 Å². The molecule has 326 valence electrons. The Kier molecular flexibility index (Phi) is 11.1. The van der Waals surface area contributed by atoms with Crippen LogP contribution in [-0.4, -0.2) is 21.6 Å². The van der Waals surface area contributed by atoms with Gasteiger partial charge >= 0.3 is 0 Å². The zero-order valence-electron chi connectivity index (χ0n) is 39.6. The lowest BCUT2D eigenvalue weighted by Gasteiger charge is -2.23. The Balaban J connectivity index is 1.06. The maximum atomic E-state index is 6.73. The van der Waals surface area contributed by atoms with E-state index in [-0.39, 0.29) is 10.8 Å². The van der Waals surface area contributed by atoms with Gasteiger partial charge in [0, 0.05) is 53.7 Å². The van der Waals surface area contributed by atoms with Crippen molar-refractivity contribution in [3.63, 3.8) is 0 Å². The first kappa shape index (κ1) is 43.1. The number of fused-ring (bicyclic) bond motifs is 3. The highest BCUT2D eigenvalue weighted by atomic mass is 16.5. The zero-order chi connectivity index (χ0) is 45.8. The molecule has 3 heterocycles. The van der Waals surface area contributed by atoms with Crippen molar-refractivity contribution in [2.45, 2.75) is 80.1 Å². The van der Waals surface area contributed by atoms with Crippen LogP contribution in [0, 0.1) is 27.7 Å². The number of aryl methyl sites for hydroxylation is 4. The Hall–Kier alpha value is -7.18. The van der Waals surface area contributed by atoms with Crippen LogP contribution >= 0.6 is 0 Å². The van der Waals surface area contributed by atoms with E-state index in [2.05, 4.69) is 212 Å². The average molecular weight is 854 g/mol. The van der Waals surface area contributed by atoms with Gasteiger partial charge in [0.2, 0.25) is 0 Å². The van der Waals surface area contributed by atoms with Gasteiger partial charge in [-0.05, 0) is 156 Å². The summed E-state index contributed by atoms with van der Waals surface area (Å²) >= 11 is 0. The standard InChI is InChI=1S/C59H59N5O/c1-37-27-38(2)29-41(28-37)42-30-43(56-39(3)15-12-16-40(56)4)32-46(31-42)62-52-19-14-25-61-57(52)63(11)47-17-13-18-48(35-47)65-49-21-23-51-50-22-20-44(58(5,6)7)33-53(50)64(54(51)36-49)55-34-45(24-26-60-55)59(8,9)10/h12-36,62H,1-11H3. The van der Waals surface area contributed by atoms with E-state index >= 15 is 0 Å². The van der Waals surface area contributed by atoms with E-state index in [1.807, 2.05) is 30.6 Å². The molecular weight excluding hydrogens is 795 g/mol. The largest absolute Gasteiger partial charge is 0.457 e. The summed E-state index contributed by atoms with van der Waals surface area (Å²) in [6, 6.07) is 49.9.